The lowest BCUT2D eigenvalue weighted by molar-refractivity contribution is 0.0164. The van der Waals surface area contributed by atoms with Crippen molar-refractivity contribution in [3.63, 3.8) is 0 Å². The van der Waals surface area contributed by atoms with Crippen LogP contribution in [0.25, 0.3) is 0 Å². The fourth-order valence-electron chi connectivity index (χ4n) is 2.37. The summed E-state index contributed by atoms with van der Waals surface area (Å²) in [7, 11) is 0. The van der Waals surface area contributed by atoms with Crippen molar-refractivity contribution in [2.75, 3.05) is 19.7 Å². The van der Waals surface area contributed by atoms with Gasteiger partial charge >= 0.3 is 6.09 Å². The van der Waals surface area contributed by atoms with Crippen LogP contribution < -0.4 is 4.74 Å². The SMILES string of the molecule is CC(C)(C)OC(=O)N1CCC(COc2cc(C#N)ccn2)CC1. The van der Waals surface area contributed by atoms with E-state index in [1.807, 2.05) is 20.8 Å². The van der Waals surface area contributed by atoms with E-state index < -0.39 is 5.60 Å². The highest BCUT2D eigenvalue weighted by atomic mass is 16.6. The molecular weight excluding hydrogens is 294 g/mol. The third-order valence-corrected chi connectivity index (χ3v) is 3.60. The average molecular weight is 317 g/mol. The molecule has 1 aromatic rings. The summed E-state index contributed by atoms with van der Waals surface area (Å²) in [5.74, 6) is 0.847. The number of piperidine rings is 1. The van der Waals surface area contributed by atoms with Crippen LogP contribution in [0.4, 0.5) is 4.79 Å². The van der Waals surface area contributed by atoms with Gasteiger partial charge in [-0.3, -0.25) is 0 Å². The Labute approximate surface area is 137 Å². The Bertz CT molecular complexity index is 581. The maximum absolute atomic E-state index is 12.0. The molecule has 23 heavy (non-hydrogen) atoms. The van der Waals surface area contributed by atoms with Gasteiger partial charge in [-0.1, -0.05) is 0 Å². The molecule has 0 radical (unpaired) electrons. The van der Waals surface area contributed by atoms with Crippen LogP contribution >= 0.6 is 0 Å². The molecule has 1 amide bonds. The van der Waals surface area contributed by atoms with Crippen molar-refractivity contribution < 1.29 is 14.3 Å². The predicted octanol–water partition coefficient (Wildman–Crippen LogP) is 2.98. The zero-order valence-corrected chi connectivity index (χ0v) is 13.9. The van der Waals surface area contributed by atoms with E-state index in [0.717, 1.165) is 12.8 Å². The van der Waals surface area contributed by atoms with Crippen molar-refractivity contribution in [1.29, 1.82) is 5.26 Å². The summed E-state index contributed by atoms with van der Waals surface area (Å²) in [6.45, 7) is 7.50. The molecule has 6 heteroatoms. The zero-order chi connectivity index (χ0) is 16.9. The third kappa shape index (κ3) is 5.44. The number of hydrogen-bond acceptors (Lipinski definition) is 5. The maximum Gasteiger partial charge on any atom is 0.410 e. The molecule has 1 aromatic heterocycles. The summed E-state index contributed by atoms with van der Waals surface area (Å²) in [5, 5.41) is 8.86. The van der Waals surface area contributed by atoms with Gasteiger partial charge in [0.2, 0.25) is 5.88 Å². The maximum atomic E-state index is 12.0. The average Bonchev–Trinajstić information content (AvgIpc) is 2.52. The van der Waals surface area contributed by atoms with Crippen LogP contribution in [0.3, 0.4) is 0 Å². The number of rotatable bonds is 3. The number of amides is 1. The van der Waals surface area contributed by atoms with Crippen LogP contribution in [-0.4, -0.2) is 41.3 Å². The van der Waals surface area contributed by atoms with E-state index >= 15 is 0 Å². The van der Waals surface area contributed by atoms with Gasteiger partial charge in [0.25, 0.3) is 0 Å². The minimum Gasteiger partial charge on any atom is -0.477 e. The molecule has 0 spiro atoms. The van der Waals surface area contributed by atoms with Crippen LogP contribution in [0, 0.1) is 17.2 Å². The minimum absolute atomic E-state index is 0.250. The molecule has 2 heterocycles. The van der Waals surface area contributed by atoms with Gasteiger partial charge in [0.05, 0.1) is 18.2 Å². The summed E-state index contributed by atoms with van der Waals surface area (Å²) in [4.78, 5) is 17.8. The fraction of sp³-hybridized carbons (Fsp3) is 0.588. The molecule has 0 saturated carbocycles. The number of pyridine rings is 1. The quantitative estimate of drug-likeness (QED) is 0.856. The van der Waals surface area contributed by atoms with Crippen LogP contribution in [-0.2, 0) is 4.74 Å². The molecule has 0 aliphatic carbocycles. The molecule has 124 valence electrons. The third-order valence-electron chi connectivity index (χ3n) is 3.60. The van der Waals surface area contributed by atoms with Gasteiger partial charge in [-0.05, 0) is 45.6 Å². The molecule has 1 aliphatic heterocycles. The van der Waals surface area contributed by atoms with E-state index in [9.17, 15) is 4.79 Å². The first-order valence-corrected chi connectivity index (χ1v) is 7.84. The Balaban J connectivity index is 1.76. The topological polar surface area (TPSA) is 75.4 Å². The molecular formula is C17H23N3O3. The molecule has 1 aliphatic rings. The first kappa shape index (κ1) is 17.1. The van der Waals surface area contributed by atoms with Gasteiger partial charge < -0.3 is 14.4 Å². The molecule has 0 unspecified atom stereocenters. The zero-order valence-electron chi connectivity index (χ0n) is 13.9. The number of hydrogen-bond donors (Lipinski definition) is 0. The summed E-state index contributed by atoms with van der Waals surface area (Å²) in [6, 6.07) is 5.34. The largest absolute Gasteiger partial charge is 0.477 e. The van der Waals surface area contributed by atoms with Gasteiger partial charge in [0.15, 0.2) is 0 Å². The number of nitrogens with zero attached hydrogens (tertiary/aromatic N) is 3. The van der Waals surface area contributed by atoms with Gasteiger partial charge in [0.1, 0.15) is 5.60 Å². The summed E-state index contributed by atoms with van der Waals surface area (Å²) >= 11 is 0. The van der Waals surface area contributed by atoms with E-state index in [0.29, 0.717) is 37.1 Å². The van der Waals surface area contributed by atoms with Crippen LogP contribution in [0.2, 0.25) is 0 Å². The van der Waals surface area contributed by atoms with E-state index in [1.54, 1.807) is 23.2 Å². The lowest BCUT2D eigenvalue weighted by atomic mass is 9.98. The molecule has 1 saturated heterocycles. The molecule has 2 rings (SSSR count). The Morgan fingerprint density at radius 2 is 2.13 bits per heavy atom. The standard InChI is InChI=1S/C17H23N3O3/c1-17(2,3)23-16(21)20-8-5-13(6-9-20)12-22-15-10-14(11-18)4-7-19-15/h4,7,10,13H,5-6,8-9,12H2,1-3H3. The lowest BCUT2D eigenvalue weighted by Gasteiger charge is -2.33. The monoisotopic (exact) mass is 317 g/mol. The number of aromatic nitrogens is 1. The highest BCUT2D eigenvalue weighted by Gasteiger charge is 2.27. The van der Waals surface area contributed by atoms with E-state index in [4.69, 9.17) is 14.7 Å². The summed E-state index contributed by atoms with van der Waals surface area (Å²) in [5.41, 5.74) is 0.0730. The van der Waals surface area contributed by atoms with Gasteiger partial charge in [-0.2, -0.15) is 5.26 Å². The molecule has 1 fully saturated rings. The Kier molecular flexibility index (Phi) is 5.43. The molecule has 0 bridgehead atoms. The van der Waals surface area contributed by atoms with E-state index in [2.05, 4.69) is 11.1 Å². The van der Waals surface area contributed by atoms with Crippen molar-refractivity contribution in [2.45, 2.75) is 39.2 Å². The normalized spacial score (nSPS) is 15.8. The second-order valence-corrected chi connectivity index (χ2v) is 6.72. The number of carbonyl (C=O) groups is 1. The number of ether oxygens (including phenoxy) is 2. The molecule has 6 nitrogen and oxygen atoms in total. The molecule has 0 atom stereocenters. The van der Waals surface area contributed by atoms with Crippen molar-refractivity contribution >= 4 is 6.09 Å². The lowest BCUT2D eigenvalue weighted by Crippen LogP contribution is -2.42. The highest BCUT2D eigenvalue weighted by molar-refractivity contribution is 5.68. The number of likely N-dealkylation sites (tertiary alicyclic amines) is 1. The van der Waals surface area contributed by atoms with Crippen LogP contribution in [0.15, 0.2) is 18.3 Å². The first-order chi connectivity index (χ1) is 10.9. The highest BCUT2D eigenvalue weighted by Crippen LogP contribution is 2.21. The molecule has 0 N–H and O–H groups in total. The van der Waals surface area contributed by atoms with Crippen LogP contribution in [0.1, 0.15) is 39.2 Å². The predicted molar refractivity (Wildman–Crippen MR) is 85.0 cm³/mol. The second-order valence-electron chi connectivity index (χ2n) is 6.72. The van der Waals surface area contributed by atoms with Gasteiger partial charge in [-0.25, -0.2) is 9.78 Å². The van der Waals surface area contributed by atoms with E-state index in [1.165, 1.54) is 0 Å². The summed E-state index contributed by atoms with van der Waals surface area (Å²) < 4.78 is 11.0. The van der Waals surface area contributed by atoms with Gasteiger partial charge in [0, 0.05) is 25.4 Å². The smallest absolute Gasteiger partial charge is 0.410 e. The van der Waals surface area contributed by atoms with Crippen LogP contribution in [0.5, 0.6) is 5.88 Å². The van der Waals surface area contributed by atoms with Crippen molar-refractivity contribution in [2.24, 2.45) is 5.92 Å². The van der Waals surface area contributed by atoms with E-state index in [-0.39, 0.29) is 6.09 Å². The number of carbonyl (C=O) groups excluding carboxylic acids is 1. The van der Waals surface area contributed by atoms with Crippen molar-refractivity contribution in [3.05, 3.63) is 23.9 Å². The molecule has 0 aromatic carbocycles. The number of nitriles is 1. The first-order valence-electron chi connectivity index (χ1n) is 7.84. The minimum atomic E-state index is -0.464. The van der Waals surface area contributed by atoms with Crippen molar-refractivity contribution in [1.82, 2.24) is 9.88 Å². The fourth-order valence-corrected chi connectivity index (χ4v) is 2.37. The Morgan fingerprint density at radius 3 is 2.74 bits per heavy atom. The Morgan fingerprint density at radius 1 is 1.43 bits per heavy atom. The second kappa shape index (κ2) is 7.32. The van der Waals surface area contributed by atoms with Crippen molar-refractivity contribution in [3.8, 4) is 11.9 Å². The summed E-state index contributed by atoms with van der Waals surface area (Å²) in [6.07, 6.45) is 3.06. The Hall–Kier alpha value is -2.29. The van der Waals surface area contributed by atoms with Gasteiger partial charge in [-0.15, -0.1) is 0 Å².